The molecule has 9 heteroatoms. The van der Waals surface area contributed by atoms with Crippen molar-refractivity contribution in [3.8, 4) is 0 Å². The number of halogens is 1. The number of carbonyl (C=O) groups is 1. The summed E-state index contributed by atoms with van der Waals surface area (Å²) in [4.78, 5) is 24.1. The first-order valence-electron chi connectivity index (χ1n) is 8.58. The average molecular weight is 476 g/mol. The van der Waals surface area contributed by atoms with E-state index in [1.165, 1.54) is 29.0 Å². The maximum Gasteiger partial charge on any atom is 0.261 e. The molecule has 0 bridgehead atoms. The molecule has 3 aromatic rings. The van der Waals surface area contributed by atoms with Gasteiger partial charge in [-0.25, -0.2) is 8.42 Å². The number of nitrogens with zero attached hydrogens (tertiary/aromatic N) is 1. The molecule has 0 saturated carbocycles. The van der Waals surface area contributed by atoms with E-state index in [4.69, 9.17) is 0 Å². The standard InChI is InChI=1S/C20H18BrN3O4S/c1-14-2-9-18(10-3-14)29(27,28)23-17-7-5-16(6-8-17)22-19(25)13-24-12-15(21)4-11-20(24)26/h2-12,23H,13H2,1H3,(H,22,25). The van der Waals surface area contributed by atoms with E-state index in [0.717, 1.165) is 5.56 Å². The van der Waals surface area contributed by atoms with Crippen LogP contribution in [0.15, 0.2) is 81.0 Å². The molecule has 0 fully saturated rings. The molecule has 1 amide bonds. The predicted octanol–water partition coefficient (Wildman–Crippen LogP) is 3.36. The van der Waals surface area contributed by atoms with Gasteiger partial charge in [-0.3, -0.25) is 14.3 Å². The number of aryl methyl sites for hydroxylation is 1. The zero-order valence-electron chi connectivity index (χ0n) is 15.4. The highest BCUT2D eigenvalue weighted by Gasteiger charge is 2.14. The minimum absolute atomic E-state index is 0.139. The largest absolute Gasteiger partial charge is 0.325 e. The van der Waals surface area contributed by atoms with Crippen LogP contribution in [0.1, 0.15) is 5.56 Å². The average Bonchev–Trinajstić information content (AvgIpc) is 2.66. The molecule has 0 saturated heterocycles. The maximum atomic E-state index is 12.4. The number of anilines is 2. The van der Waals surface area contributed by atoms with E-state index in [0.29, 0.717) is 15.8 Å². The highest BCUT2D eigenvalue weighted by molar-refractivity contribution is 9.10. The second kappa shape index (κ2) is 8.62. The number of nitrogens with one attached hydrogen (secondary N) is 2. The van der Waals surface area contributed by atoms with Gasteiger partial charge in [-0.1, -0.05) is 17.7 Å². The molecule has 0 aliphatic rings. The Morgan fingerprint density at radius 2 is 1.59 bits per heavy atom. The van der Waals surface area contributed by atoms with Crippen LogP contribution < -0.4 is 15.6 Å². The summed E-state index contributed by atoms with van der Waals surface area (Å²) in [6.07, 6.45) is 1.53. The third kappa shape index (κ3) is 5.55. The van der Waals surface area contributed by atoms with Crippen molar-refractivity contribution in [1.82, 2.24) is 4.57 Å². The summed E-state index contributed by atoms with van der Waals surface area (Å²) >= 11 is 3.26. The first kappa shape index (κ1) is 20.8. The Morgan fingerprint density at radius 3 is 2.24 bits per heavy atom. The molecule has 1 aromatic heterocycles. The predicted molar refractivity (Wildman–Crippen MR) is 115 cm³/mol. The van der Waals surface area contributed by atoms with Crippen LogP contribution in [0.4, 0.5) is 11.4 Å². The molecule has 0 spiro atoms. The number of benzene rings is 2. The summed E-state index contributed by atoms with van der Waals surface area (Å²) in [6.45, 7) is 1.74. The highest BCUT2D eigenvalue weighted by atomic mass is 79.9. The fraction of sp³-hybridized carbons (Fsp3) is 0.100. The molecule has 2 aromatic carbocycles. The van der Waals surface area contributed by atoms with Gasteiger partial charge in [0.15, 0.2) is 0 Å². The van der Waals surface area contributed by atoms with Gasteiger partial charge in [-0.15, -0.1) is 0 Å². The molecule has 0 aliphatic heterocycles. The van der Waals surface area contributed by atoms with Gasteiger partial charge >= 0.3 is 0 Å². The Labute approximate surface area is 176 Å². The minimum atomic E-state index is -3.70. The number of amides is 1. The van der Waals surface area contributed by atoms with Gasteiger partial charge in [-0.05, 0) is 65.3 Å². The Kier molecular flexibility index (Phi) is 6.19. The number of pyridine rings is 1. The molecular weight excluding hydrogens is 458 g/mol. The zero-order chi connectivity index (χ0) is 21.0. The lowest BCUT2D eigenvalue weighted by molar-refractivity contribution is -0.116. The van der Waals surface area contributed by atoms with E-state index in [-0.39, 0.29) is 22.9 Å². The topological polar surface area (TPSA) is 97.3 Å². The first-order chi connectivity index (χ1) is 13.7. The lowest BCUT2D eigenvalue weighted by atomic mass is 10.2. The second-order valence-electron chi connectivity index (χ2n) is 6.36. The summed E-state index contributed by atoms with van der Waals surface area (Å²) in [5.74, 6) is -0.377. The summed E-state index contributed by atoms with van der Waals surface area (Å²) in [6, 6.07) is 15.8. The quantitative estimate of drug-likeness (QED) is 0.570. The van der Waals surface area contributed by atoms with E-state index in [2.05, 4.69) is 26.0 Å². The van der Waals surface area contributed by atoms with Crippen LogP contribution in [-0.2, 0) is 21.4 Å². The minimum Gasteiger partial charge on any atom is -0.325 e. The fourth-order valence-corrected chi connectivity index (χ4v) is 3.97. The molecule has 1 heterocycles. The van der Waals surface area contributed by atoms with Crippen LogP contribution in [-0.4, -0.2) is 18.9 Å². The van der Waals surface area contributed by atoms with Gasteiger partial charge in [0, 0.05) is 28.1 Å². The maximum absolute atomic E-state index is 12.4. The van der Waals surface area contributed by atoms with E-state index in [1.54, 1.807) is 42.5 Å². The Hall–Kier alpha value is -2.91. The monoisotopic (exact) mass is 475 g/mol. The summed E-state index contributed by atoms with van der Waals surface area (Å²) in [7, 11) is -3.70. The smallest absolute Gasteiger partial charge is 0.261 e. The van der Waals surface area contributed by atoms with Crippen molar-refractivity contribution in [2.75, 3.05) is 10.0 Å². The molecule has 0 aliphatic carbocycles. The normalized spacial score (nSPS) is 11.1. The molecule has 0 unspecified atom stereocenters. The van der Waals surface area contributed by atoms with Gasteiger partial charge in [0.2, 0.25) is 5.91 Å². The van der Waals surface area contributed by atoms with Crippen LogP contribution >= 0.6 is 15.9 Å². The van der Waals surface area contributed by atoms with Gasteiger partial charge < -0.3 is 9.88 Å². The third-order valence-corrected chi connectivity index (χ3v) is 5.88. The van der Waals surface area contributed by atoms with Crippen molar-refractivity contribution >= 4 is 43.2 Å². The SMILES string of the molecule is Cc1ccc(S(=O)(=O)Nc2ccc(NC(=O)Cn3cc(Br)ccc3=O)cc2)cc1. The van der Waals surface area contributed by atoms with Crippen LogP contribution in [0.2, 0.25) is 0 Å². The number of aromatic nitrogens is 1. The number of carbonyl (C=O) groups excluding carboxylic acids is 1. The van der Waals surface area contributed by atoms with Crippen molar-refractivity contribution in [1.29, 1.82) is 0 Å². The first-order valence-corrected chi connectivity index (χ1v) is 10.9. The van der Waals surface area contributed by atoms with Gasteiger partial charge in [0.1, 0.15) is 6.54 Å². The fourth-order valence-electron chi connectivity index (χ4n) is 2.53. The summed E-state index contributed by atoms with van der Waals surface area (Å²) < 4.78 is 29.3. The van der Waals surface area contributed by atoms with E-state index in [1.807, 2.05) is 6.92 Å². The lowest BCUT2D eigenvalue weighted by Crippen LogP contribution is -2.26. The van der Waals surface area contributed by atoms with Gasteiger partial charge in [-0.2, -0.15) is 0 Å². The Bertz CT molecular complexity index is 1190. The van der Waals surface area contributed by atoms with E-state index >= 15 is 0 Å². The Morgan fingerprint density at radius 1 is 0.966 bits per heavy atom. The summed E-state index contributed by atoms with van der Waals surface area (Å²) in [5, 5.41) is 2.67. The molecule has 2 N–H and O–H groups in total. The van der Waals surface area contributed by atoms with Crippen molar-refractivity contribution in [3.63, 3.8) is 0 Å². The van der Waals surface area contributed by atoms with E-state index in [9.17, 15) is 18.0 Å². The van der Waals surface area contributed by atoms with Crippen LogP contribution in [0.5, 0.6) is 0 Å². The van der Waals surface area contributed by atoms with Crippen molar-refractivity contribution in [2.45, 2.75) is 18.4 Å². The van der Waals surface area contributed by atoms with Crippen molar-refractivity contribution in [2.24, 2.45) is 0 Å². The van der Waals surface area contributed by atoms with Crippen LogP contribution in [0.25, 0.3) is 0 Å². The van der Waals surface area contributed by atoms with Gasteiger partial charge in [0.05, 0.1) is 4.90 Å². The molecule has 150 valence electrons. The third-order valence-electron chi connectivity index (χ3n) is 4.01. The number of rotatable bonds is 6. The van der Waals surface area contributed by atoms with E-state index < -0.39 is 10.0 Å². The molecule has 3 rings (SSSR count). The molecule has 0 radical (unpaired) electrons. The molecule has 7 nitrogen and oxygen atoms in total. The van der Waals surface area contributed by atoms with Gasteiger partial charge in [0.25, 0.3) is 15.6 Å². The lowest BCUT2D eigenvalue weighted by Gasteiger charge is -2.10. The van der Waals surface area contributed by atoms with Crippen LogP contribution in [0, 0.1) is 6.92 Å². The second-order valence-corrected chi connectivity index (χ2v) is 8.96. The van der Waals surface area contributed by atoms with Crippen LogP contribution in [0.3, 0.4) is 0 Å². The Balaban J connectivity index is 1.65. The zero-order valence-corrected chi connectivity index (χ0v) is 17.8. The number of hydrogen-bond donors (Lipinski definition) is 2. The summed E-state index contributed by atoms with van der Waals surface area (Å²) in [5.41, 5.74) is 1.53. The molecular formula is C20H18BrN3O4S. The van der Waals surface area contributed by atoms with Crippen molar-refractivity contribution in [3.05, 3.63) is 87.3 Å². The van der Waals surface area contributed by atoms with Crippen molar-refractivity contribution < 1.29 is 13.2 Å². The highest BCUT2D eigenvalue weighted by Crippen LogP contribution is 2.19. The molecule has 0 atom stereocenters. The molecule has 29 heavy (non-hydrogen) atoms. The number of hydrogen-bond acceptors (Lipinski definition) is 4. The number of sulfonamides is 1.